The number of rotatable bonds is 5. The first-order valence-corrected chi connectivity index (χ1v) is 7.42. The molecule has 5 nitrogen and oxygen atoms in total. The summed E-state index contributed by atoms with van der Waals surface area (Å²) in [5, 5.41) is 7.62. The molecule has 0 bridgehead atoms. The summed E-state index contributed by atoms with van der Waals surface area (Å²) in [5.41, 5.74) is 3.20. The highest BCUT2D eigenvalue weighted by Crippen LogP contribution is 2.23. The second kappa shape index (κ2) is 5.99. The molecule has 1 fully saturated rings. The molecule has 0 spiro atoms. The van der Waals surface area contributed by atoms with Crippen molar-refractivity contribution >= 4 is 17.3 Å². The number of hydrogen-bond acceptors (Lipinski definition) is 3. The van der Waals surface area contributed by atoms with Crippen molar-refractivity contribution in [3.8, 4) is 0 Å². The highest BCUT2D eigenvalue weighted by atomic mass is 16.2. The molecule has 0 unspecified atom stereocenters. The molecule has 21 heavy (non-hydrogen) atoms. The van der Waals surface area contributed by atoms with Gasteiger partial charge in [-0.05, 0) is 37.6 Å². The van der Waals surface area contributed by atoms with Crippen LogP contribution >= 0.6 is 0 Å². The Morgan fingerprint density at radius 2 is 2.10 bits per heavy atom. The largest absolute Gasteiger partial charge is 0.381 e. The van der Waals surface area contributed by atoms with Gasteiger partial charge in [-0.25, -0.2) is 0 Å². The SMILES string of the molecule is CCn1cc(CNc2ccc(N3CCCC3=O)cc2)cn1. The zero-order valence-electron chi connectivity index (χ0n) is 12.2. The number of carbonyl (C=O) groups is 1. The van der Waals surface area contributed by atoms with Crippen LogP contribution < -0.4 is 10.2 Å². The van der Waals surface area contributed by atoms with Crippen molar-refractivity contribution in [3.05, 3.63) is 42.2 Å². The molecule has 1 aromatic heterocycles. The number of nitrogens with one attached hydrogen (secondary N) is 1. The Morgan fingerprint density at radius 1 is 1.29 bits per heavy atom. The van der Waals surface area contributed by atoms with Crippen molar-refractivity contribution in [3.63, 3.8) is 0 Å². The van der Waals surface area contributed by atoms with E-state index in [4.69, 9.17) is 0 Å². The zero-order valence-corrected chi connectivity index (χ0v) is 12.2. The Kier molecular flexibility index (Phi) is 3.90. The van der Waals surface area contributed by atoms with E-state index in [0.717, 1.165) is 43.0 Å². The molecule has 2 heterocycles. The molecule has 3 rings (SSSR count). The van der Waals surface area contributed by atoms with Gasteiger partial charge in [0, 0.05) is 49.2 Å². The van der Waals surface area contributed by atoms with Crippen molar-refractivity contribution in [1.82, 2.24) is 9.78 Å². The molecule has 0 saturated carbocycles. The maximum atomic E-state index is 11.7. The predicted octanol–water partition coefficient (Wildman–Crippen LogP) is 2.64. The lowest BCUT2D eigenvalue weighted by molar-refractivity contribution is -0.117. The van der Waals surface area contributed by atoms with Crippen molar-refractivity contribution in [2.45, 2.75) is 32.9 Å². The smallest absolute Gasteiger partial charge is 0.227 e. The first-order valence-electron chi connectivity index (χ1n) is 7.42. The Balaban J connectivity index is 1.60. The van der Waals surface area contributed by atoms with E-state index in [1.807, 2.05) is 46.2 Å². The van der Waals surface area contributed by atoms with Gasteiger partial charge in [-0.1, -0.05) is 0 Å². The summed E-state index contributed by atoms with van der Waals surface area (Å²) in [4.78, 5) is 13.6. The van der Waals surface area contributed by atoms with Crippen molar-refractivity contribution in [1.29, 1.82) is 0 Å². The van der Waals surface area contributed by atoms with Crippen LogP contribution in [0.5, 0.6) is 0 Å². The molecule has 1 saturated heterocycles. The van der Waals surface area contributed by atoms with Gasteiger partial charge in [-0.2, -0.15) is 5.10 Å². The van der Waals surface area contributed by atoms with Crippen molar-refractivity contribution in [2.24, 2.45) is 0 Å². The third-order valence-electron chi connectivity index (χ3n) is 3.76. The maximum absolute atomic E-state index is 11.7. The number of benzene rings is 1. The summed E-state index contributed by atoms with van der Waals surface area (Å²) in [6, 6.07) is 8.04. The van der Waals surface area contributed by atoms with Crippen LogP contribution in [0.3, 0.4) is 0 Å². The zero-order chi connectivity index (χ0) is 14.7. The highest BCUT2D eigenvalue weighted by molar-refractivity contribution is 5.95. The van der Waals surface area contributed by atoms with Crippen LogP contribution in [0.15, 0.2) is 36.7 Å². The van der Waals surface area contributed by atoms with E-state index in [2.05, 4.69) is 17.3 Å². The van der Waals surface area contributed by atoms with Crippen molar-refractivity contribution < 1.29 is 4.79 Å². The van der Waals surface area contributed by atoms with Gasteiger partial charge in [0.25, 0.3) is 0 Å². The fourth-order valence-electron chi connectivity index (χ4n) is 2.56. The van der Waals surface area contributed by atoms with Crippen LogP contribution in [0.1, 0.15) is 25.3 Å². The molecule has 1 N–H and O–H groups in total. The van der Waals surface area contributed by atoms with E-state index >= 15 is 0 Å². The topological polar surface area (TPSA) is 50.2 Å². The fourth-order valence-corrected chi connectivity index (χ4v) is 2.56. The summed E-state index contributed by atoms with van der Waals surface area (Å²) in [6.45, 7) is 4.55. The van der Waals surface area contributed by atoms with Crippen LogP contribution in [0, 0.1) is 0 Å². The van der Waals surface area contributed by atoms with Gasteiger partial charge < -0.3 is 10.2 Å². The Hall–Kier alpha value is -2.30. The second-order valence-electron chi connectivity index (χ2n) is 5.25. The summed E-state index contributed by atoms with van der Waals surface area (Å²) < 4.78 is 1.92. The van der Waals surface area contributed by atoms with Gasteiger partial charge in [-0.3, -0.25) is 9.48 Å². The minimum atomic E-state index is 0.225. The summed E-state index contributed by atoms with van der Waals surface area (Å²) in [7, 11) is 0. The minimum absolute atomic E-state index is 0.225. The molecule has 1 amide bonds. The van der Waals surface area contributed by atoms with Crippen molar-refractivity contribution in [2.75, 3.05) is 16.8 Å². The van der Waals surface area contributed by atoms with E-state index in [-0.39, 0.29) is 5.91 Å². The number of aryl methyl sites for hydroxylation is 1. The average Bonchev–Trinajstić information content (AvgIpc) is 3.14. The molecular weight excluding hydrogens is 264 g/mol. The Bertz CT molecular complexity index is 617. The van der Waals surface area contributed by atoms with E-state index in [9.17, 15) is 4.79 Å². The van der Waals surface area contributed by atoms with Gasteiger partial charge in [0.2, 0.25) is 5.91 Å². The second-order valence-corrected chi connectivity index (χ2v) is 5.25. The van der Waals surface area contributed by atoms with Crippen LogP contribution in [-0.4, -0.2) is 22.2 Å². The number of carbonyl (C=O) groups excluding carboxylic acids is 1. The lowest BCUT2D eigenvalue weighted by Gasteiger charge is -2.16. The molecule has 5 heteroatoms. The quantitative estimate of drug-likeness (QED) is 0.918. The molecule has 2 aromatic rings. The van der Waals surface area contributed by atoms with Crippen LogP contribution in [0.4, 0.5) is 11.4 Å². The van der Waals surface area contributed by atoms with Gasteiger partial charge in [-0.15, -0.1) is 0 Å². The van der Waals surface area contributed by atoms with Gasteiger partial charge in [0.1, 0.15) is 0 Å². The van der Waals surface area contributed by atoms with Crippen LogP contribution in [0.25, 0.3) is 0 Å². The van der Waals surface area contributed by atoms with Crippen LogP contribution in [-0.2, 0) is 17.9 Å². The maximum Gasteiger partial charge on any atom is 0.227 e. The monoisotopic (exact) mass is 284 g/mol. The molecule has 0 aliphatic carbocycles. The molecule has 110 valence electrons. The summed E-state index contributed by atoms with van der Waals surface area (Å²) in [6.07, 6.45) is 5.56. The fraction of sp³-hybridized carbons (Fsp3) is 0.375. The third kappa shape index (κ3) is 3.07. The highest BCUT2D eigenvalue weighted by Gasteiger charge is 2.21. The standard InChI is InChI=1S/C16H20N4O/c1-2-19-12-13(11-18-19)10-17-14-5-7-15(8-6-14)20-9-3-4-16(20)21/h5-8,11-12,17H,2-4,9-10H2,1H3. The minimum Gasteiger partial charge on any atom is -0.381 e. The van der Waals surface area contributed by atoms with E-state index < -0.39 is 0 Å². The van der Waals surface area contributed by atoms with E-state index in [0.29, 0.717) is 6.42 Å². The van der Waals surface area contributed by atoms with Gasteiger partial charge in [0.15, 0.2) is 0 Å². The molecular formula is C16H20N4O. The van der Waals surface area contributed by atoms with Gasteiger partial charge >= 0.3 is 0 Å². The molecule has 0 radical (unpaired) electrons. The summed E-state index contributed by atoms with van der Waals surface area (Å²) in [5.74, 6) is 0.225. The number of anilines is 2. The lowest BCUT2D eigenvalue weighted by Crippen LogP contribution is -2.23. The van der Waals surface area contributed by atoms with Gasteiger partial charge in [0.05, 0.1) is 6.20 Å². The Labute approximate surface area is 124 Å². The van der Waals surface area contributed by atoms with E-state index in [1.54, 1.807) is 0 Å². The molecule has 0 atom stereocenters. The number of hydrogen-bond donors (Lipinski definition) is 1. The number of amides is 1. The summed E-state index contributed by atoms with van der Waals surface area (Å²) >= 11 is 0. The lowest BCUT2D eigenvalue weighted by atomic mass is 10.2. The Morgan fingerprint density at radius 3 is 2.71 bits per heavy atom. The first-order chi connectivity index (χ1) is 10.3. The van der Waals surface area contributed by atoms with E-state index in [1.165, 1.54) is 0 Å². The first kappa shape index (κ1) is 13.7. The third-order valence-corrected chi connectivity index (χ3v) is 3.76. The molecule has 1 aliphatic heterocycles. The predicted molar refractivity (Wildman–Crippen MR) is 83.3 cm³/mol. The molecule has 1 aliphatic rings. The normalized spacial score (nSPS) is 14.7. The number of aromatic nitrogens is 2. The molecule has 1 aromatic carbocycles. The van der Waals surface area contributed by atoms with Crippen LogP contribution in [0.2, 0.25) is 0 Å². The average molecular weight is 284 g/mol. The number of nitrogens with zero attached hydrogens (tertiary/aromatic N) is 3.